The highest BCUT2D eigenvalue weighted by Gasteiger charge is 2.33. The van der Waals surface area contributed by atoms with Gasteiger partial charge < -0.3 is 10.8 Å². The maximum Gasteiger partial charge on any atom is 0.142 e. The minimum absolute atomic E-state index is 0.433. The van der Waals surface area contributed by atoms with Crippen molar-refractivity contribution in [2.24, 2.45) is 0 Å². The summed E-state index contributed by atoms with van der Waals surface area (Å²) in [7, 11) is 0. The lowest BCUT2D eigenvalue weighted by atomic mass is 9.81. The fraction of sp³-hybridized carbons (Fsp3) is 0.0556. The molecule has 2 aromatic carbocycles. The van der Waals surface area contributed by atoms with Gasteiger partial charge in [-0.1, -0.05) is 66.7 Å². The second-order valence-corrected chi connectivity index (χ2v) is 4.91. The first-order valence-electron chi connectivity index (χ1n) is 6.76. The molecule has 3 rings (SSSR count). The highest BCUT2D eigenvalue weighted by atomic mass is 16.3. The molecule has 0 unspecified atom stereocenters. The van der Waals surface area contributed by atoms with Crippen molar-refractivity contribution in [1.29, 1.82) is 0 Å². The molecule has 3 heteroatoms. The molecule has 1 aromatic heterocycles. The van der Waals surface area contributed by atoms with Gasteiger partial charge in [0.1, 0.15) is 11.4 Å². The topological polar surface area (TPSA) is 59.1 Å². The Morgan fingerprint density at radius 1 is 0.714 bits per heavy atom. The molecule has 0 fully saturated rings. The lowest BCUT2D eigenvalue weighted by Gasteiger charge is -2.29. The van der Waals surface area contributed by atoms with Gasteiger partial charge in [-0.25, -0.2) is 4.98 Å². The van der Waals surface area contributed by atoms with Crippen LogP contribution in [-0.4, -0.2) is 10.1 Å². The first-order valence-corrected chi connectivity index (χ1v) is 6.76. The summed E-state index contributed by atoms with van der Waals surface area (Å²) in [6, 6.07) is 22.6. The molecule has 0 aliphatic heterocycles. The van der Waals surface area contributed by atoms with Crippen LogP contribution in [0.25, 0.3) is 0 Å². The van der Waals surface area contributed by atoms with Gasteiger partial charge in [0.05, 0.1) is 0 Å². The molecule has 0 atom stereocenters. The minimum atomic E-state index is -1.25. The van der Waals surface area contributed by atoms with Crippen LogP contribution in [0.4, 0.5) is 5.82 Å². The Morgan fingerprint density at radius 3 is 1.67 bits per heavy atom. The monoisotopic (exact) mass is 276 g/mol. The number of aromatic nitrogens is 1. The van der Waals surface area contributed by atoms with E-state index in [4.69, 9.17) is 5.73 Å². The van der Waals surface area contributed by atoms with E-state index in [2.05, 4.69) is 4.98 Å². The van der Waals surface area contributed by atoms with Crippen molar-refractivity contribution in [2.75, 3.05) is 5.73 Å². The van der Waals surface area contributed by atoms with Crippen LogP contribution in [0.3, 0.4) is 0 Å². The number of hydrogen-bond acceptors (Lipinski definition) is 3. The summed E-state index contributed by atoms with van der Waals surface area (Å²) in [5.74, 6) is 0.433. The summed E-state index contributed by atoms with van der Waals surface area (Å²) >= 11 is 0. The van der Waals surface area contributed by atoms with Gasteiger partial charge in [0.2, 0.25) is 0 Å². The number of nitrogens with two attached hydrogens (primary N) is 1. The molecular weight excluding hydrogens is 260 g/mol. The molecular formula is C18H16N2O. The van der Waals surface area contributed by atoms with Crippen LogP contribution in [0.2, 0.25) is 0 Å². The predicted octanol–water partition coefficient (Wildman–Crippen LogP) is 2.95. The molecule has 3 N–H and O–H groups in total. The number of hydrogen-bond donors (Lipinski definition) is 2. The van der Waals surface area contributed by atoms with E-state index in [-0.39, 0.29) is 0 Å². The fourth-order valence-corrected chi connectivity index (χ4v) is 2.48. The normalized spacial score (nSPS) is 11.3. The number of nitrogens with zero attached hydrogens (tertiary/aromatic N) is 1. The van der Waals surface area contributed by atoms with E-state index in [0.717, 1.165) is 11.1 Å². The summed E-state index contributed by atoms with van der Waals surface area (Å²) in [6.07, 6.45) is 1.62. The highest BCUT2D eigenvalue weighted by Crippen LogP contribution is 2.36. The predicted molar refractivity (Wildman–Crippen MR) is 83.6 cm³/mol. The molecule has 1 heterocycles. The van der Waals surface area contributed by atoms with E-state index in [0.29, 0.717) is 11.4 Å². The molecule has 21 heavy (non-hydrogen) atoms. The lowest BCUT2D eigenvalue weighted by molar-refractivity contribution is 0.125. The summed E-state index contributed by atoms with van der Waals surface area (Å²) in [6.45, 7) is 0. The smallest absolute Gasteiger partial charge is 0.142 e. The van der Waals surface area contributed by atoms with Crippen molar-refractivity contribution in [3.8, 4) is 0 Å². The Morgan fingerprint density at radius 2 is 1.24 bits per heavy atom. The molecule has 0 bridgehead atoms. The Hall–Kier alpha value is -2.65. The zero-order chi connectivity index (χ0) is 14.7. The van der Waals surface area contributed by atoms with E-state index >= 15 is 0 Å². The van der Waals surface area contributed by atoms with Crippen LogP contribution in [0.5, 0.6) is 0 Å². The Balaban J connectivity index is 2.23. The Labute approximate surface area is 123 Å². The van der Waals surface area contributed by atoms with Gasteiger partial charge in [0.15, 0.2) is 0 Å². The summed E-state index contributed by atoms with van der Waals surface area (Å²) in [5, 5.41) is 11.4. The van der Waals surface area contributed by atoms with Crippen molar-refractivity contribution in [3.63, 3.8) is 0 Å². The number of aliphatic hydroxyl groups is 1. The van der Waals surface area contributed by atoms with Crippen LogP contribution in [0, 0.1) is 0 Å². The number of pyridine rings is 1. The van der Waals surface area contributed by atoms with Crippen molar-refractivity contribution in [1.82, 2.24) is 4.98 Å². The zero-order valence-corrected chi connectivity index (χ0v) is 11.5. The number of anilines is 1. The van der Waals surface area contributed by atoms with E-state index in [1.165, 1.54) is 0 Å². The van der Waals surface area contributed by atoms with Crippen LogP contribution in [0.15, 0.2) is 79.0 Å². The van der Waals surface area contributed by atoms with Crippen LogP contribution < -0.4 is 5.73 Å². The molecule has 0 amide bonds. The van der Waals surface area contributed by atoms with Gasteiger partial charge in [0, 0.05) is 11.8 Å². The van der Waals surface area contributed by atoms with Gasteiger partial charge >= 0.3 is 0 Å². The third kappa shape index (κ3) is 2.39. The maximum absolute atomic E-state index is 11.4. The van der Waals surface area contributed by atoms with Gasteiger partial charge in [0.25, 0.3) is 0 Å². The molecule has 0 aliphatic rings. The average Bonchev–Trinajstić information content (AvgIpc) is 2.56. The molecule has 104 valence electrons. The quantitative estimate of drug-likeness (QED) is 0.773. The van der Waals surface area contributed by atoms with Crippen LogP contribution in [0.1, 0.15) is 16.7 Å². The van der Waals surface area contributed by atoms with E-state index in [1.54, 1.807) is 12.3 Å². The number of rotatable bonds is 3. The SMILES string of the molecule is Nc1ccc(C(O)(c2ccccc2)c2ccccc2)cn1. The molecule has 0 saturated heterocycles. The van der Waals surface area contributed by atoms with E-state index in [9.17, 15) is 5.11 Å². The van der Waals surface area contributed by atoms with Crippen LogP contribution >= 0.6 is 0 Å². The summed E-state index contributed by atoms with van der Waals surface area (Å²) in [5.41, 5.74) is 6.69. The maximum atomic E-state index is 11.4. The fourth-order valence-electron chi connectivity index (χ4n) is 2.48. The third-order valence-electron chi connectivity index (χ3n) is 3.59. The molecule has 3 nitrogen and oxygen atoms in total. The lowest BCUT2D eigenvalue weighted by Crippen LogP contribution is -2.29. The van der Waals surface area contributed by atoms with Gasteiger partial charge in [-0.2, -0.15) is 0 Å². The summed E-state index contributed by atoms with van der Waals surface area (Å²) in [4.78, 5) is 4.11. The third-order valence-corrected chi connectivity index (χ3v) is 3.59. The Kier molecular flexibility index (Phi) is 3.42. The second kappa shape index (κ2) is 5.38. The van der Waals surface area contributed by atoms with Crippen molar-refractivity contribution >= 4 is 5.82 Å². The van der Waals surface area contributed by atoms with E-state index in [1.807, 2.05) is 66.7 Å². The second-order valence-electron chi connectivity index (χ2n) is 4.91. The van der Waals surface area contributed by atoms with Gasteiger partial charge in [-0.3, -0.25) is 0 Å². The van der Waals surface area contributed by atoms with Gasteiger partial charge in [-0.05, 0) is 17.2 Å². The zero-order valence-electron chi connectivity index (χ0n) is 11.5. The molecule has 0 saturated carbocycles. The first-order chi connectivity index (χ1) is 10.2. The van der Waals surface area contributed by atoms with Crippen molar-refractivity contribution in [3.05, 3.63) is 95.7 Å². The number of nitrogen functional groups attached to an aromatic ring is 1. The Bertz CT molecular complexity index is 670. The molecule has 0 aliphatic carbocycles. The highest BCUT2D eigenvalue weighted by molar-refractivity contribution is 5.47. The van der Waals surface area contributed by atoms with Gasteiger partial charge in [-0.15, -0.1) is 0 Å². The minimum Gasteiger partial charge on any atom is -0.384 e. The average molecular weight is 276 g/mol. The largest absolute Gasteiger partial charge is 0.384 e. The van der Waals surface area contributed by atoms with Crippen molar-refractivity contribution in [2.45, 2.75) is 5.60 Å². The van der Waals surface area contributed by atoms with Crippen LogP contribution in [-0.2, 0) is 5.60 Å². The summed E-state index contributed by atoms with van der Waals surface area (Å²) < 4.78 is 0. The standard InChI is InChI=1S/C18H16N2O/c19-17-12-11-16(13-20-17)18(21,14-7-3-1-4-8-14)15-9-5-2-6-10-15/h1-13,21H,(H2,19,20). The molecule has 0 spiro atoms. The first kappa shape index (κ1) is 13.3. The van der Waals surface area contributed by atoms with E-state index < -0.39 is 5.60 Å². The van der Waals surface area contributed by atoms with Crippen molar-refractivity contribution < 1.29 is 5.11 Å². The number of benzene rings is 2. The molecule has 3 aromatic rings. The molecule has 0 radical (unpaired) electrons.